The Morgan fingerprint density at radius 3 is 2.48 bits per heavy atom. The molecular weight excluding hydrogens is 384 g/mol. The van der Waals surface area contributed by atoms with Crippen molar-refractivity contribution < 1.29 is 13.3 Å². The number of benzene rings is 2. The number of hydroxylamine groups is 2. The van der Waals surface area contributed by atoms with E-state index in [1.54, 1.807) is 24.4 Å². The van der Waals surface area contributed by atoms with Gasteiger partial charge >= 0.3 is 0 Å². The molecule has 4 rings (SSSR count). The largest absolute Gasteiger partial charge is 0.378 e. The number of para-hydroxylation sites is 1. The Labute approximate surface area is 163 Å². The topological polar surface area (TPSA) is 72.6 Å². The molecular formula is C20H17ClN2O3S. The standard InChI is InChI=1S/C20H17ClN2O3S/c21-17-10-12-20(27(22,24)25,18(14-17)15-6-2-1-3-7-15)23-13-11-16-8-4-5-9-19(16)26-23/h1-14,18H,(H2,22,24,25). The number of hydrogen-bond acceptors (Lipinski definition) is 4. The van der Waals surface area contributed by atoms with Gasteiger partial charge in [-0.15, -0.1) is 0 Å². The van der Waals surface area contributed by atoms with Crippen molar-refractivity contribution in [1.82, 2.24) is 5.06 Å². The molecule has 1 aliphatic carbocycles. The van der Waals surface area contributed by atoms with Crippen LogP contribution < -0.4 is 9.98 Å². The quantitative estimate of drug-likeness (QED) is 0.852. The first kappa shape index (κ1) is 17.9. The van der Waals surface area contributed by atoms with Crippen LogP contribution in [0.3, 0.4) is 0 Å². The Balaban J connectivity index is 1.90. The van der Waals surface area contributed by atoms with Crippen LogP contribution in [0.4, 0.5) is 0 Å². The third-order valence-corrected chi connectivity index (χ3v) is 6.45. The third-order valence-electron chi connectivity index (χ3n) is 4.72. The maximum Gasteiger partial charge on any atom is 0.241 e. The lowest BCUT2D eigenvalue weighted by atomic mass is 9.87. The average Bonchev–Trinajstić information content (AvgIpc) is 2.67. The molecule has 0 fully saturated rings. The van der Waals surface area contributed by atoms with Crippen LogP contribution in [0.5, 0.6) is 5.75 Å². The number of primary sulfonamides is 1. The first-order valence-corrected chi connectivity index (χ1v) is 10.2. The van der Waals surface area contributed by atoms with Crippen molar-refractivity contribution in [3.63, 3.8) is 0 Å². The number of fused-ring (bicyclic) bond motifs is 1. The van der Waals surface area contributed by atoms with Gasteiger partial charge in [0.2, 0.25) is 14.9 Å². The van der Waals surface area contributed by atoms with Gasteiger partial charge in [-0.05, 0) is 29.9 Å². The highest BCUT2D eigenvalue weighted by molar-refractivity contribution is 7.90. The van der Waals surface area contributed by atoms with E-state index in [4.69, 9.17) is 21.6 Å². The van der Waals surface area contributed by atoms with E-state index in [0.29, 0.717) is 10.8 Å². The van der Waals surface area contributed by atoms with Crippen LogP contribution in [0.15, 0.2) is 84.1 Å². The van der Waals surface area contributed by atoms with E-state index >= 15 is 0 Å². The molecule has 0 amide bonds. The Hall–Kier alpha value is -2.54. The molecule has 138 valence electrons. The van der Waals surface area contributed by atoms with Gasteiger partial charge in [-0.1, -0.05) is 66.2 Å². The van der Waals surface area contributed by atoms with Crippen molar-refractivity contribution in [1.29, 1.82) is 0 Å². The molecule has 2 atom stereocenters. The summed E-state index contributed by atoms with van der Waals surface area (Å²) in [6.45, 7) is 0. The van der Waals surface area contributed by atoms with E-state index in [-0.39, 0.29) is 0 Å². The molecule has 0 radical (unpaired) electrons. The lowest BCUT2D eigenvalue weighted by Gasteiger charge is -2.44. The molecule has 0 saturated heterocycles. The molecule has 0 spiro atoms. The highest BCUT2D eigenvalue weighted by Crippen LogP contribution is 2.45. The molecule has 7 heteroatoms. The predicted octanol–water partition coefficient (Wildman–Crippen LogP) is 3.73. The normalized spacial score (nSPS) is 24.1. The van der Waals surface area contributed by atoms with Gasteiger partial charge in [0.05, 0.1) is 0 Å². The van der Waals surface area contributed by atoms with Gasteiger partial charge in [-0.25, -0.2) is 13.6 Å². The summed E-state index contributed by atoms with van der Waals surface area (Å²) in [5, 5.41) is 7.49. The number of nitrogens with zero attached hydrogens (tertiary/aromatic N) is 1. The van der Waals surface area contributed by atoms with Crippen LogP contribution in [-0.2, 0) is 10.0 Å². The van der Waals surface area contributed by atoms with Crippen LogP contribution in [0.1, 0.15) is 17.0 Å². The minimum Gasteiger partial charge on any atom is -0.378 e. The third kappa shape index (κ3) is 2.96. The monoisotopic (exact) mass is 400 g/mol. The van der Waals surface area contributed by atoms with Gasteiger partial charge in [0.15, 0.2) is 5.75 Å². The fourth-order valence-corrected chi connectivity index (χ4v) is 4.77. The molecule has 0 aromatic heterocycles. The van der Waals surface area contributed by atoms with E-state index < -0.39 is 20.8 Å². The molecule has 2 aliphatic rings. The molecule has 1 heterocycles. The van der Waals surface area contributed by atoms with Crippen LogP contribution >= 0.6 is 11.6 Å². The lowest BCUT2D eigenvalue weighted by molar-refractivity contribution is -0.0558. The molecule has 27 heavy (non-hydrogen) atoms. The van der Waals surface area contributed by atoms with Crippen molar-refractivity contribution in [2.24, 2.45) is 5.14 Å². The summed E-state index contributed by atoms with van der Waals surface area (Å²) in [5.74, 6) is -0.120. The van der Waals surface area contributed by atoms with Gasteiger partial charge in [0.25, 0.3) is 0 Å². The Morgan fingerprint density at radius 1 is 1.04 bits per heavy atom. The van der Waals surface area contributed by atoms with Crippen molar-refractivity contribution in [3.8, 4) is 5.75 Å². The van der Waals surface area contributed by atoms with Crippen molar-refractivity contribution in [2.45, 2.75) is 10.8 Å². The predicted molar refractivity (Wildman–Crippen MR) is 106 cm³/mol. The van der Waals surface area contributed by atoms with E-state index in [2.05, 4.69) is 0 Å². The Bertz CT molecular complexity index is 1060. The lowest BCUT2D eigenvalue weighted by Crippen LogP contribution is -2.59. The maximum absolute atomic E-state index is 12.9. The smallest absolute Gasteiger partial charge is 0.241 e. The number of rotatable bonds is 3. The fraction of sp³-hybridized carbons (Fsp3) is 0.100. The summed E-state index contributed by atoms with van der Waals surface area (Å²) in [5.41, 5.74) is 1.60. The second kappa shape index (κ2) is 6.56. The average molecular weight is 401 g/mol. The number of nitrogens with two attached hydrogens (primary N) is 1. The van der Waals surface area contributed by atoms with Crippen molar-refractivity contribution >= 4 is 27.7 Å². The van der Waals surface area contributed by atoms with Crippen LogP contribution in [0.2, 0.25) is 0 Å². The zero-order chi connectivity index (χ0) is 19.1. The summed E-state index contributed by atoms with van der Waals surface area (Å²) in [6, 6.07) is 16.6. The first-order valence-electron chi connectivity index (χ1n) is 8.30. The maximum atomic E-state index is 12.9. The number of hydrogen-bond donors (Lipinski definition) is 1. The van der Waals surface area contributed by atoms with Gasteiger partial charge in [-0.2, -0.15) is 5.06 Å². The van der Waals surface area contributed by atoms with Gasteiger partial charge in [0.1, 0.15) is 0 Å². The van der Waals surface area contributed by atoms with E-state index in [1.165, 1.54) is 17.2 Å². The molecule has 2 unspecified atom stereocenters. The Kier molecular flexibility index (Phi) is 4.34. The molecule has 5 nitrogen and oxygen atoms in total. The molecule has 2 aromatic carbocycles. The Morgan fingerprint density at radius 2 is 1.74 bits per heavy atom. The summed E-state index contributed by atoms with van der Waals surface area (Å²) < 4.78 is 25.8. The zero-order valence-corrected chi connectivity index (χ0v) is 15.8. The van der Waals surface area contributed by atoms with Crippen LogP contribution in [0.25, 0.3) is 6.08 Å². The van der Waals surface area contributed by atoms with E-state index in [1.807, 2.05) is 48.5 Å². The summed E-state index contributed by atoms with van der Waals surface area (Å²) in [6.07, 6.45) is 8.07. The molecule has 2 aromatic rings. The molecule has 1 aliphatic heterocycles. The summed E-state index contributed by atoms with van der Waals surface area (Å²) >= 11 is 6.22. The summed E-state index contributed by atoms with van der Waals surface area (Å²) in [4.78, 5) is 4.27. The van der Waals surface area contributed by atoms with Crippen LogP contribution in [-0.4, -0.2) is 18.4 Å². The minimum absolute atomic E-state index is 0.435. The number of halogens is 1. The van der Waals surface area contributed by atoms with Crippen LogP contribution in [0, 0.1) is 0 Å². The molecule has 0 bridgehead atoms. The van der Waals surface area contributed by atoms with E-state index in [9.17, 15) is 8.42 Å². The summed E-state index contributed by atoms with van der Waals surface area (Å²) in [7, 11) is -4.15. The second-order valence-corrected chi connectivity index (χ2v) is 8.52. The van der Waals surface area contributed by atoms with Crippen molar-refractivity contribution in [2.75, 3.05) is 0 Å². The zero-order valence-electron chi connectivity index (χ0n) is 14.2. The SMILES string of the molecule is NS(=O)(=O)C1(N2C=Cc3ccccc3O2)C=CC(Cl)=CC1c1ccccc1. The minimum atomic E-state index is -4.15. The first-order chi connectivity index (χ1) is 12.9. The van der Waals surface area contributed by atoms with Gasteiger partial charge in [-0.3, -0.25) is 0 Å². The number of allylic oxidation sites excluding steroid dienone is 2. The highest BCUT2D eigenvalue weighted by atomic mass is 35.5. The second-order valence-electron chi connectivity index (χ2n) is 6.34. The van der Waals surface area contributed by atoms with E-state index in [0.717, 1.165) is 11.1 Å². The molecule has 0 saturated carbocycles. The highest BCUT2D eigenvalue weighted by Gasteiger charge is 2.54. The molecule has 2 N–H and O–H groups in total. The van der Waals surface area contributed by atoms with Crippen molar-refractivity contribution in [3.05, 3.63) is 95.2 Å². The van der Waals surface area contributed by atoms with Gasteiger partial charge < -0.3 is 4.84 Å². The van der Waals surface area contributed by atoms with Gasteiger partial charge in [0, 0.05) is 22.7 Å². The number of sulfonamides is 1. The fourth-order valence-electron chi connectivity index (χ4n) is 3.41.